The van der Waals surface area contributed by atoms with Crippen LogP contribution in [0.3, 0.4) is 0 Å². The van der Waals surface area contributed by atoms with Crippen LogP contribution in [0, 0.1) is 0 Å². The molecule has 2 fully saturated rings. The Balaban J connectivity index is 2.43. The highest BCUT2D eigenvalue weighted by Gasteiger charge is 2.70. The molecule has 0 aromatic carbocycles. The molecule has 0 aromatic heterocycles. The van der Waals surface area contributed by atoms with Crippen LogP contribution in [0.25, 0.3) is 0 Å². The fourth-order valence-electron chi connectivity index (χ4n) is 2.86. The molecule has 23 heavy (non-hydrogen) atoms. The predicted octanol–water partition coefficient (Wildman–Crippen LogP) is -5.66. The van der Waals surface area contributed by atoms with Crippen LogP contribution in [-0.4, -0.2) is 113 Å². The molecular formula is C12H22O11. The lowest BCUT2D eigenvalue weighted by molar-refractivity contribution is -0.488. The molecule has 136 valence electrons. The standard InChI is InChI=1S/C12H22O11/c1-3-5(14)7(16)9(18)11(20,22-3)12(21)10(19)8(17)6(15)4(2-13)23-12/h3-10,13-21H,2H2,1H3/t3-,4?,5-,6?,7+,8?,9+,10?,11?,12?/m0/s1. The average Bonchev–Trinajstić information content (AvgIpc) is 2.52. The Bertz CT molecular complexity index is 433. The van der Waals surface area contributed by atoms with Gasteiger partial charge in [-0.15, -0.1) is 0 Å². The summed E-state index contributed by atoms with van der Waals surface area (Å²) >= 11 is 0. The third kappa shape index (κ3) is 2.58. The zero-order chi connectivity index (χ0) is 17.7. The number of hydrogen-bond donors (Lipinski definition) is 9. The van der Waals surface area contributed by atoms with Gasteiger partial charge in [0.1, 0.15) is 42.7 Å². The summed E-state index contributed by atoms with van der Waals surface area (Å²) in [5.41, 5.74) is 0. The third-order valence-electron chi connectivity index (χ3n) is 4.40. The van der Waals surface area contributed by atoms with E-state index in [0.717, 1.165) is 0 Å². The monoisotopic (exact) mass is 342 g/mol. The van der Waals surface area contributed by atoms with Crippen molar-refractivity contribution in [1.82, 2.24) is 0 Å². The molecule has 0 aromatic rings. The van der Waals surface area contributed by atoms with Gasteiger partial charge in [0.15, 0.2) is 0 Å². The van der Waals surface area contributed by atoms with Crippen LogP contribution in [-0.2, 0) is 9.47 Å². The molecule has 2 heterocycles. The summed E-state index contributed by atoms with van der Waals surface area (Å²) in [5.74, 6) is -6.38. The van der Waals surface area contributed by atoms with E-state index >= 15 is 0 Å². The molecule has 0 radical (unpaired) electrons. The van der Waals surface area contributed by atoms with Gasteiger partial charge in [-0.2, -0.15) is 0 Å². The van der Waals surface area contributed by atoms with Crippen LogP contribution in [0.2, 0.25) is 0 Å². The Morgan fingerprint density at radius 1 is 0.739 bits per heavy atom. The Labute approximate surface area is 130 Å². The molecule has 0 spiro atoms. The first-order chi connectivity index (χ1) is 10.5. The molecule has 0 amide bonds. The quantitative estimate of drug-likeness (QED) is 0.231. The van der Waals surface area contributed by atoms with Crippen LogP contribution < -0.4 is 0 Å². The molecular weight excluding hydrogens is 320 g/mol. The van der Waals surface area contributed by atoms with Gasteiger partial charge < -0.3 is 55.4 Å². The van der Waals surface area contributed by atoms with Crippen molar-refractivity contribution in [1.29, 1.82) is 0 Å². The molecule has 2 saturated heterocycles. The number of rotatable bonds is 2. The number of hydrogen-bond acceptors (Lipinski definition) is 11. The number of aliphatic hydroxyl groups is 9. The molecule has 0 aliphatic carbocycles. The van der Waals surface area contributed by atoms with Gasteiger partial charge in [-0.05, 0) is 6.92 Å². The Hall–Kier alpha value is -0.440. The molecule has 11 heteroatoms. The van der Waals surface area contributed by atoms with E-state index in [1.165, 1.54) is 6.92 Å². The van der Waals surface area contributed by atoms with Crippen LogP contribution in [0.15, 0.2) is 0 Å². The van der Waals surface area contributed by atoms with Gasteiger partial charge in [0, 0.05) is 0 Å². The summed E-state index contributed by atoms with van der Waals surface area (Å²) in [6.07, 6.45) is -15.1. The Morgan fingerprint density at radius 3 is 1.65 bits per heavy atom. The van der Waals surface area contributed by atoms with Gasteiger partial charge >= 0.3 is 0 Å². The van der Waals surface area contributed by atoms with Gasteiger partial charge in [0.2, 0.25) is 0 Å². The largest absolute Gasteiger partial charge is 0.394 e. The molecule has 2 aliphatic rings. The SMILES string of the molecule is C[C@@H]1OC(O)(C2(O)OC(CO)C(O)C(O)C2O)[C@H](O)[C@H](O)[C@H]1O. The maximum Gasteiger partial charge on any atom is 0.254 e. The summed E-state index contributed by atoms with van der Waals surface area (Å²) in [6, 6.07) is 0. The molecule has 2 aliphatic heterocycles. The second-order valence-electron chi connectivity index (χ2n) is 5.91. The minimum Gasteiger partial charge on any atom is -0.394 e. The predicted molar refractivity (Wildman–Crippen MR) is 68.4 cm³/mol. The van der Waals surface area contributed by atoms with E-state index in [4.69, 9.17) is 14.6 Å². The topological polar surface area (TPSA) is 201 Å². The summed E-state index contributed by atoms with van der Waals surface area (Å²) < 4.78 is 9.82. The number of ether oxygens (including phenoxy) is 2. The van der Waals surface area contributed by atoms with E-state index in [-0.39, 0.29) is 0 Å². The van der Waals surface area contributed by atoms with Crippen LogP contribution in [0.4, 0.5) is 0 Å². The maximum atomic E-state index is 10.5. The van der Waals surface area contributed by atoms with Gasteiger partial charge in [0.05, 0.1) is 12.7 Å². The zero-order valence-electron chi connectivity index (χ0n) is 12.2. The lowest BCUT2D eigenvalue weighted by Gasteiger charge is -2.56. The first-order valence-electron chi connectivity index (χ1n) is 7.01. The normalized spacial score (nSPS) is 58.2. The zero-order valence-corrected chi connectivity index (χ0v) is 12.2. The van der Waals surface area contributed by atoms with Crippen molar-refractivity contribution in [3.8, 4) is 0 Å². The van der Waals surface area contributed by atoms with E-state index in [1.807, 2.05) is 0 Å². The van der Waals surface area contributed by atoms with Crippen molar-refractivity contribution in [2.24, 2.45) is 0 Å². The van der Waals surface area contributed by atoms with Crippen molar-refractivity contribution < 1.29 is 55.4 Å². The van der Waals surface area contributed by atoms with E-state index in [2.05, 4.69) is 0 Å². The van der Waals surface area contributed by atoms with Crippen molar-refractivity contribution >= 4 is 0 Å². The smallest absolute Gasteiger partial charge is 0.254 e. The van der Waals surface area contributed by atoms with Gasteiger partial charge in [0.25, 0.3) is 11.6 Å². The molecule has 0 bridgehead atoms. The van der Waals surface area contributed by atoms with Crippen LogP contribution in [0.1, 0.15) is 6.92 Å². The summed E-state index contributed by atoms with van der Waals surface area (Å²) in [7, 11) is 0. The average molecular weight is 342 g/mol. The van der Waals surface area contributed by atoms with Crippen LogP contribution >= 0.6 is 0 Å². The lowest BCUT2D eigenvalue weighted by atomic mass is 9.81. The molecule has 9 N–H and O–H groups in total. The first kappa shape index (κ1) is 18.9. The minimum absolute atomic E-state index is 0.903. The number of aliphatic hydroxyl groups excluding tert-OH is 7. The van der Waals surface area contributed by atoms with Crippen molar-refractivity contribution in [3.63, 3.8) is 0 Å². The molecule has 6 unspecified atom stereocenters. The Kier molecular flexibility index (Phi) is 5.03. The highest BCUT2D eigenvalue weighted by atomic mass is 16.7. The van der Waals surface area contributed by atoms with E-state index in [9.17, 15) is 40.9 Å². The Morgan fingerprint density at radius 2 is 1.17 bits per heavy atom. The van der Waals surface area contributed by atoms with Crippen LogP contribution in [0.5, 0.6) is 0 Å². The van der Waals surface area contributed by atoms with E-state index in [0.29, 0.717) is 0 Å². The van der Waals surface area contributed by atoms with Crippen molar-refractivity contribution in [3.05, 3.63) is 0 Å². The van der Waals surface area contributed by atoms with Gasteiger partial charge in [-0.3, -0.25) is 0 Å². The maximum absolute atomic E-state index is 10.5. The van der Waals surface area contributed by atoms with Gasteiger partial charge in [-0.1, -0.05) is 0 Å². The fourth-order valence-corrected chi connectivity index (χ4v) is 2.86. The fraction of sp³-hybridized carbons (Fsp3) is 1.00. The second-order valence-corrected chi connectivity index (χ2v) is 5.91. The summed E-state index contributed by atoms with van der Waals surface area (Å²) in [5, 5.41) is 89.0. The highest BCUT2D eigenvalue weighted by molar-refractivity contribution is 5.09. The second kappa shape index (κ2) is 6.13. The summed E-state index contributed by atoms with van der Waals surface area (Å²) in [4.78, 5) is 0. The first-order valence-corrected chi connectivity index (χ1v) is 7.01. The lowest BCUT2D eigenvalue weighted by Crippen LogP contribution is -2.80. The van der Waals surface area contributed by atoms with E-state index < -0.39 is 67.0 Å². The van der Waals surface area contributed by atoms with Crippen molar-refractivity contribution in [2.45, 2.75) is 67.3 Å². The van der Waals surface area contributed by atoms with E-state index in [1.54, 1.807) is 0 Å². The van der Waals surface area contributed by atoms with Gasteiger partial charge in [-0.25, -0.2) is 0 Å². The molecule has 2 rings (SSSR count). The molecule has 0 saturated carbocycles. The van der Waals surface area contributed by atoms with Crippen molar-refractivity contribution in [2.75, 3.05) is 6.61 Å². The third-order valence-corrected chi connectivity index (χ3v) is 4.40. The minimum atomic E-state index is -3.21. The highest BCUT2D eigenvalue weighted by Crippen LogP contribution is 2.43. The molecule has 10 atom stereocenters. The summed E-state index contributed by atoms with van der Waals surface area (Å²) in [6.45, 7) is 0.304. The molecule has 11 nitrogen and oxygen atoms in total.